The molecule has 0 aliphatic carbocycles. The first-order valence-electron chi connectivity index (χ1n) is 10.3. The van der Waals surface area contributed by atoms with E-state index in [9.17, 15) is 4.79 Å². The molecule has 31 heavy (non-hydrogen) atoms. The van der Waals surface area contributed by atoms with Crippen molar-refractivity contribution in [2.24, 2.45) is 0 Å². The van der Waals surface area contributed by atoms with E-state index in [1.807, 2.05) is 85.3 Å². The summed E-state index contributed by atoms with van der Waals surface area (Å²) in [6.07, 6.45) is 1.64. The number of aromatic nitrogens is 2. The van der Waals surface area contributed by atoms with E-state index in [4.69, 9.17) is 9.15 Å². The second-order valence-corrected chi connectivity index (χ2v) is 7.76. The minimum absolute atomic E-state index is 0.0821. The molecular weight excluding hydrogens is 390 g/mol. The Balaban J connectivity index is 1.45. The number of hydrogen-bond donors (Lipinski definition) is 1. The molecule has 0 saturated carbocycles. The molecule has 1 atom stereocenters. The molecule has 1 amide bonds. The number of benzene rings is 2. The van der Waals surface area contributed by atoms with Crippen molar-refractivity contribution in [2.75, 3.05) is 6.54 Å². The number of fused-ring (bicyclic) bond motifs is 2. The molecule has 2 aromatic carbocycles. The summed E-state index contributed by atoms with van der Waals surface area (Å²) in [7, 11) is 0. The fourth-order valence-corrected chi connectivity index (χ4v) is 4.24. The Labute approximate surface area is 180 Å². The Hall–Kier alpha value is -3.80. The third-order valence-corrected chi connectivity index (χ3v) is 5.62. The van der Waals surface area contributed by atoms with Crippen molar-refractivity contribution in [1.82, 2.24) is 15.1 Å². The Bertz CT molecular complexity index is 1180. The van der Waals surface area contributed by atoms with Crippen LogP contribution in [0.4, 0.5) is 0 Å². The summed E-state index contributed by atoms with van der Waals surface area (Å²) in [4.78, 5) is 13.5. The quantitative estimate of drug-likeness (QED) is 0.513. The highest BCUT2D eigenvalue weighted by atomic mass is 16.5. The Morgan fingerprint density at radius 1 is 1.03 bits per heavy atom. The number of hydrogen-bond acceptors (Lipinski definition) is 4. The van der Waals surface area contributed by atoms with Gasteiger partial charge in [0.2, 0.25) is 5.91 Å². The van der Waals surface area contributed by atoms with Gasteiger partial charge in [0.25, 0.3) is 0 Å². The highest BCUT2D eigenvalue weighted by Gasteiger charge is 2.33. The van der Waals surface area contributed by atoms with Crippen molar-refractivity contribution < 1.29 is 13.9 Å². The number of ether oxygens (including phenoxy) is 1. The Morgan fingerprint density at radius 2 is 1.71 bits per heavy atom. The number of aryl methyl sites for hydroxylation is 2. The molecule has 6 nitrogen and oxygen atoms in total. The van der Waals surface area contributed by atoms with Crippen LogP contribution < -0.4 is 10.1 Å². The first-order valence-corrected chi connectivity index (χ1v) is 10.3. The zero-order valence-electron chi connectivity index (χ0n) is 17.4. The summed E-state index contributed by atoms with van der Waals surface area (Å²) in [5, 5.41) is 7.76. The summed E-state index contributed by atoms with van der Waals surface area (Å²) in [5.41, 5.74) is 3.65. The van der Waals surface area contributed by atoms with Crippen LogP contribution in [0.1, 0.15) is 40.2 Å². The van der Waals surface area contributed by atoms with Crippen LogP contribution in [0, 0.1) is 13.8 Å². The van der Waals surface area contributed by atoms with Gasteiger partial charge in [-0.2, -0.15) is 5.10 Å². The second kappa shape index (κ2) is 7.80. The van der Waals surface area contributed by atoms with Gasteiger partial charge in [0.05, 0.1) is 17.9 Å². The first-order chi connectivity index (χ1) is 15.1. The third-order valence-electron chi connectivity index (χ3n) is 5.62. The smallest absolute Gasteiger partial charge is 0.232 e. The molecule has 0 saturated heterocycles. The van der Waals surface area contributed by atoms with Crippen LogP contribution in [0.3, 0.4) is 0 Å². The van der Waals surface area contributed by atoms with E-state index in [2.05, 4.69) is 10.4 Å². The maximum Gasteiger partial charge on any atom is 0.232 e. The van der Waals surface area contributed by atoms with Gasteiger partial charge in [-0.15, -0.1) is 0 Å². The maximum atomic E-state index is 13.5. The van der Waals surface area contributed by atoms with Crippen LogP contribution in [0.5, 0.6) is 11.5 Å². The van der Waals surface area contributed by atoms with Crippen LogP contribution in [0.15, 0.2) is 77.4 Å². The lowest BCUT2D eigenvalue weighted by molar-refractivity contribution is -0.121. The lowest BCUT2D eigenvalue weighted by atomic mass is 9.87. The van der Waals surface area contributed by atoms with Gasteiger partial charge < -0.3 is 14.5 Å². The standard InChI is InChI=1S/C25H23N3O3/c1-16-14-17(2)28(27-16)20(23-12-7-13-30-23)15-26-25(29)24-18-8-3-5-10-21(18)31-22-11-6-4-9-19(22)24/h3-14,20,24H,15H2,1-2H3,(H,26,29)/t20-/m0/s1. The SMILES string of the molecule is Cc1cc(C)n([C@@H](CNC(=O)C2c3ccccc3Oc3ccccc32)c2ccco2)n1. The van der Waals surface area contributed by atoms with Crippen molar-refractivity contribution in [2.45, 2.75) is 25.8 Å². The van der Waals surface area contributed by atoms with Crippen molar-refractivity contribution in [1.29, 1.82) is 0 Å². The van der Waals surface area contributed by atoms with Crippen LogP contribution in [0.2, 0.25) is 0 Å². The number of nitrogens with one attached hydrogen (secondary N) is 1. The maximum absolute atomic E-state index is 13.5. The number of carbonyl (C=O) groups is 1. The summed E-state index contributed by atoms with van der Waals surface area (Å²) in [5.74, 6) is 1.64. The van der Waals surface area contributed by atoms with Gasteiger partial charge >= 0.3 is 0 Å². The second-order valence-electron chi connectivity index (χ2n) is 7.76. The molecule has 1 aliphatic heterocycles. The Morgan fingerprint density at radius 3 is 2.29 bits per heavy atom. The van der Waals surface area contributed by atoms with Gasteiger partial charge in [0.15, 0.2) is 0 Å². The fraction of sp³-hybridized carbons (Fsp3) is 0.200. The molecular formula is C25H23N3O3. The van der Waals surface area contributed by atoms with E-state index in [0.717, 1.165) is 28.3 Å². The predicted octanol–water partition coefficient (Wildman–Crippen LogP) is 4.74. The largest absolute Gasteiger partial charge is 0.467 e. The van der Waals surface area contributed by atoms with E-state index < -0.39 is 5.92 Å². The van der Waals surface area contributed by atoms with Crippen LogP contribution >= 0.6 is 0 Å². The number of amides is 1. The molecule has 0 spiro atoms. The summed E-state index contributed by atoms with van der Waals surface area (Å²) in [6, 6.07) is 20.9. The van der Waals surface area contributed by atoms with E-state index in [1.54, 1.807) is 6.26 Å². The number of rotatable bonds is 5. The zero-order chi connectivity index (χ0) is 21.4. The van der Waals surface area contributed by atoms with Crippen molar-refractivity contribution in [3.8, 4) is 11.5 Å². The molecule has 5 rings (SSSR count). The number of carbonyl (C=O) groups excluding carboxylic acids is 1. The normalized spacial score (nSPS) is 13.7. The van der Waals surface area contributed by atoms with E-state index in [1.165, 1.54) is 0 Å². The predicted molar refractivity (Wildman–Crippen MR) is 116 cm³/mol. The molecule has 4 aromatic rings. The van der Waals surface area contributed by atoms with Crippen molar-refractivity contribution in [3.05, 3.63) is 101 Å². The molecule has 3 heterocycles. The summed E-state index contributed by atoms with van der Waals surface area (Å²) >= 11 is 0. The van der Waals surface area contributed by atoms with Crippen molar-refractivity contribution >= 4 is 5.91 Å². The minimum Gasteiger partial charge on any atom is -0.467 e. The average molecular weight is 413 g/mol. The molecule has 1 aliphatic rings. The monoisotopic (exact) mass is 413 g/mol. The van der Waals surface area contributed by atoms with E-state index in [-0.39, 0.29) is 11.9 Å². The molecule has 1 N–H and O–H groups in total. The highest BCUT2D eigenvalue weighted by molar-refractivity contribution is 5.89. The first kappa shape index (κ1) is 19.2. The molecule has 0 radical (unpaired) electrons. The van der Waals surface area contributed by atoms with E-state index in [0.29, 0.717) is 18.0 Å². The van der Waals surface area contributed by atoms with Gasteiger partial charge in [-0.05, 0) is 44.2 Å². The molecule has 6 heteroatoms. The lowest BCUT2D eigenvalue weighted by Gasteiger charge is -2.28. The summed E-state index contributed by atoms with van der Waals surface area (Å²) < 4.78 is 13.6. The van der Waals surface area contributed by atoms with Crippen LogP contribution in [0.25, 0.3) is 0 Å². The van der Waals surface area contributed by atoms with Gasteiger partial charge in [-0.3, -0.25) is 9.48 Å². The topological polar surface area (TPSA) is 69.3 Å². The van der Waals surface area contributed by atoms with Gasteiger partial charge in [-0.25, -0.2) is 0 Å². The average Bonchev–Trinajstić information content (AvgIpc) is 3.42. The Kier molecular flexibility index (Phi) is 4.82. The number of para-hydroxylation sites is 2. The van der Waals surface area contributed by atoms with E-state index >= 15 is 0 Å². The molecule has 0 unspecified atom stereocenters. The van der Waals surface area contributed by atoms with Gasteiger partial charge in [0.1, 0.15) is 23.3 Å². The van der Waals surface area contributed by atoms with Gasteiger partial charge in [0, 0.05) is 23.4 Å². The van der Waals surface area contributed by atoms with Crippen LogP contribution in [-0.2, 0) is 4.79 Å². The molecule has 2 aromatic heterocycles. The highest BCUT2D eigenvalue weighted by Crippen LogP contribution is 2.43. The van der Waals surface area contributed by atoms with Gasteiger partial charge in [-0.1, -0.05) is 36.4 Å². The molecule has 0 bridgehead atoms. The molecule has 0 fully saturated rings. The van der Waals surface area contributed by atoms with Crippen molar-refractivity contribution in [3.63, 3.8) is 0 Å². The number of nitrogens with zero attached hydrogens (tertiary/aromatic N) is 2. The fourth-order valence-electron chi connectivity index (χ4n) is 4.24. The molecule has 156 valence electrons. The summed E-state index contributed by atoms with van der Waals surface area (Å²) in [6.45, 7) is 4.32. The lowest BCUT2D eigenvalue weighted by Crippen LogP contribution is -2.36. The van der Waals surface area contributed by atoms with Crippen LogP contribution in [-0.4, -0.2) is 22.2 Å². The third kappa shape index (κ3) is 3.50. The minimum atomic E-state index is -0.446. The number of furan rings is 1. The zero-order valence-corrected chi connectivity index (χ0v) is 17.4.